The summed E-state index contributed by atoms with van der Waals surface area (Å²) in [5.41, 5.74) is 4.51. The monoisotopic (exact) mass is 418 g/mol. The van der Waals surface area contributed by atoms with Crippen LogP contribution in [0, 0.1) is 12.8 Å². The SMILES string of the molecule is C/C(=C\C(F)=C(\c1ccc(Cl)cc1)C1CC1)c1ccc(C)c(Oc2ccccc2)c1. The molecule has 0 heterocycles. The normalized spacial score (nSPS) is 15.0. The van der Waals surface area contributed by atoms with Crippen LogP contribution in [-0.4, -0.2) is 0 Å². The van der Waals surface area contributed by atoms with Crippen LogP contribution in [0.3, 0.4) is 0 Å². The van der Waals surface area contributed by atoms with E-state index in [-0.39, 0.29) is 11.7 Å². The second kappa shape index (κ2) is 8.89. The quantitative estimate of drug-likeness (QED) is 0.364. The lowest BCUT2D eigenvalue weighted by molar-refractivity contribution is 0.479. The molecular weight excluding hydrogens is 395 g/mol. The molecule has 3 heteroatoms. The molecule has 1 saturated carbocycles. The van der Waals surface area contributed by atoms with Gasteiger partial charge in [-0.05, 0) is 96.9 Å². The van der Waals surface area contributed by atoms with Crippen molar-refractivity contribution in [1.29, 1.82) is 0 Å². The average molecular weight is 419 g/mol. The molecule has 0 aliphatic heterocycles. The number of halogens is 2. The highest BCUT2D eigenvalue weighted by atomic mass is 35.5. The first-order chi connectivity index (χ1) is 14.5. The van der Waals surface area contributed by atoms with Crippen molar-refractivity contribution in [2.45, 2.75) is 26.7 Å². The third-order valence-electron chi connectivity index (χ3n) is 5.36. The van der Waals surface area contributed by atoms with E-state index in [9.17, 15) is 0 Å². The van der Waals surface area contributed by atoms with Crippen LogP contribution in [0.5, 0.6) is 11.5 Å². The van der Waals surface area contributed by atoms with Gasteiger partial charge in [-0.2, -0.15) is 0 Å². The Hall–Kier alpha value is -2.84. The van der Waals surface area contributed by atoms with Gasteiger partial charge < -0.3 is 4.74 Å². The Morgan fingerprint density at radius 2 is 1.63 bits per heavy atom. The summed E-state index contributed by atoms with van der Waals surface area (Å²) in [4.78, 5) is 0. The maximum absolute atomic E-state index is 15.3. The largest absolute Gasteiger partial charge is 0.457 e. The second-order valence-corrected chi connectivity index (χ2v) is 8.20. The van der Waals surface area contributed by atoms with Gasteiger partial charge in [-0.25, -0.2) is 4.39 Å². The first-order valence-electron chi connectivity index (χ1n) is 10.2. The minimum Gasteiger partial charge on any atom is -0.457 e. The molecule has 0 unspecified atom stereocenters. The zero-order valence-electron chi connectivity index (χ0n) is 17.2. The van der Waals surface area contributed by atoms with Crippen molar-refractivity contribution in [3.05, 3.63) is 106 Å². The van der Waals surface area contributed by atoms with Crippen LogP contribution in [0.4, 0.5) is 4.39 Å². The second-order valence-electron chi connectivity index (χ2n) is 7.77. The number of ether oxygens (including phenoxy) is 1. The molecule has 0 atom stereocenters. The number of allylic oxidation sites excluding steroid dienone is 4. The molecule has 1 nitrogen and oxygen atoms in total. The van der Waals surface area contributed by atoms with Crippen molar-refractivity contribution in [3.63, 3.8) is 0 Å². The smallest absolute Gasteiger partial charge is 0.130 e. The van der Waals surface area contributed by atoms with Gasteiger partial charge in [0.25, 0.3) is 0 Å². The van der Waals surface area contributed by atoms with Gasteiger partial charge in [-0.15, -0.1) is 0 Å². The van der Waals surface area contributed by atoms with Crippen LogP contribution in [-0.2, 0) is 0 Å². The van der Waals surface area contributed by atoms with Crippen molar-refractivity contribution in [3.8, 4) is 11.5 Å². The number of para-hydroxylation sites is 1. The first kappa shape index (κ1) is 20.4. The summed E-state index contributed by atoms with van der Waals surface area (Å²) in [6.45, 7) is 3.94. The van der Waals surface area contributed by atoms with Crippen molar-refractivity contribution >= 4 is 22.7 Å². The predicted octanol–water partition coefficient (Wildman–Crippen LogP) is 8.63. The summed E-state index contributed by atoms with van der Waals surface area (Å²) in [5, 5.41) is 0.659. The van der Waals surface area contributed by atoms with Crippen LogP contribution in [0.15, 0.2) is 84.7 Å². The van der Waals surface area contributed by atoms with E-state index in [4.69, 9.17) is 16.3 Å². The Labute approximate surface area is 182 Å². The van der Waals surface area contributed by atoms with E-state index in [0.717, 1.165) is 52.2 Å². The summed E-state index contributed by atoms with van der Waals surface area (Å²) in [5.74, 6) is 1.66. The molecule has 0 aromatic heterocycles. The zero-order chi connectivity index (χ0) is 21.1. The van der Waals surface area contributed by atoms with E-state index in [1.165, 1.54) is 0 Å². The van der Waals surface area contributed by atoms with E-state index in [1.807, 2.05) is 86.6 Å². The van der Waals surface area contributed by atoms with E-state index >= 15 is 4.39 Å². The molecule has 30 heavy (non-hydrogen) atoms. The molecule has 0 radical (unpaired) electrons. The molecule has 3 aromatic rings. The van der Waals surface area contributed by atoms with Crippen LogP contribution in [0.25, 0.3) is 11.1 Å². The number of benzene rings is 3. The summed E-state index contributed by atoms with van der Waals surface area (Å²) in [6.07, 6.45) is 3.69. The van der Waals surface area contributed by atoms with Crippen molar-refractivity contribution in [1.82, 2.24) is 0 Å². The van der Waals surface area contributed by atoms with Crippen LogP contribution in [0.1, 0.15) is 36.5 Å². The van der Waals surface area contributed by atoms with Crippen LogP contribution < -0.4 is 4.74 Å². The van der Waals surface area contributed by atoms with Gasteiger partial charge in [0.05, 0.1) is 0 Å². The lowest BCUT2D eigenvalue weighted by atomic mass is 9.98. The molecule has 1 fully saturated rings. The molecule has 0 amide bonds. The van der Waals surface area contributed by atoms with E-state index in [2.05, 4.69) is 0 Å². The van der Waals surface area contributed by atoms with Crippen molar-refractivity contribution in [2.75, 3.05) is 0 Å². The maximum Gasteiger partial charge on any atom is 0.130 e. The molecule has 0 bridgehead atoms. The molecule has 1 aliphatic rings. The Morgan fingerprint density at radius 1 is 0.967 bits per heavy atom. The lowest BCUT2D eigenvalue weighted by Crippen LogP contribution is -1.92. The molecule has 0 spiro atoms. The highest BCUT2D eigenvalue weighted by Gasteiger charge is 2.29. The molecular formula is C27H24ClFO. The van der Waals surface area contributed by atoms with Crippen molar-refractivity contribution in [2.24, 2.45) is 5.92 Å². The number of hydrogen-bond donors (Lipinski definition) is 0. The van der Waals surface area contributed by atoms with Crippen LogP contribution in [0.2, 0.25) is 5.02 Å². The van der Waals surface area contributed by atoms with Gasteiger partial charge in [-0.1, -0.05) is 54.1 Å². The molecule has 152 valence electrons. The minimum absolute atomic E-state index is 0.177. The fourth-order valence-electron chi connectivity index (χ4n) is 3.49. The highest BCUT2D eigenvalue weighted by molar-refractivity contribution is 6.30. The summed E-state index contributed by atoms with van der Waals surface area (Å²) < 4.78 is 21.4. The number of rotatable bonds is 6. The summed E-state index contributed by atoms with van der Waals surface area (Å²) in [6, 6.07) is 23.1. The average Bonchev–Trinajstić information content (AvgIpc) is 3.57. The topological polar surface area (TPSA) is 9.23 Å². The predicted molar refractivity (Wildman–Crippen MR) is 124 cm³/mol. The van der Waals surface area contributed by atoms with Gasteiger partial charge in [0.15, 0.2) is 0 Å². The third kappa shape index (κ3) is 4.83. The Morgan fingerprint density at radius 3 is 2.30 bits per heavy atom. The molecule has 1 aliphatic carbocycles. The zero-order valence-corrected chi connectivity index (χ0v) is 17.9. The Kier molecular flexibility index (Phi) is 6.06. The number of aryl methyl sites for hydroxylation is 1. The Balaban J connectivity index is 1.65. The molecule has 4 rings (SSSR count). The standard InChI is InChI=1S/C27H24ClFO/c1-18-8-9-22(17-26(18)30-24-6-4-3-5-7-24)19(2)16-25(29)27(20-10-11-20)21-12-14-23(28)15-13-21/h3-9,12-17,20H,10-11H2,1-2H3/b19-16+,27-25-. The summed E-state index contributed by atoms with van der Waals surface area (Å²) in [7, 11) is 0. The molecule has 0 saturated heterocycles. The first-order valence-corrected chi connectivity index (χ1v) is 10.6. The van der Waals surface area contributed by atoms with E-state index in [0.29, 0.717) is 5.02 Å². The fraction of sp³-hybridized carbons (Fsp3) is 0.185. The third-order valence-corrected chi connectivity index (χ3v) is 5.61. The number of hydrogen-bond acceptors (Lipinski definition) is 1. The van der Waals surface area contributed by atoms with E-state index in [1.54, 1.807) is 6.08 Å². The minimum atomic E-state index is -0.177. The van der Waals surface area contributed by atoms with Crippen LogP contribution >= 0.6 is 11.6 Å². The molecule has 0 N–H and O–H groups in total. The van der Waals surface area contributed by atoms with Crippen molar-refractivity contribution < 1.29 is 9.13 Å². The Bertz CT molecular complexity index is 1090. The van der Waals surface area contributed by atoms with Gasteiger partial charge in [0, 0.05) is 5.02 Å². The van der Waals surface area contributed by atoms with Gasteiger partial charge in [0.2, 0.25) is 0 Å². The maximum atomic E-state index is 15.3. The van der Waals surface area contributed by atoms with Gasteiger partial charge >= 0.3 is 0 Å². The van der Waals surface area contributed by atoms with Gasteiger partial charge in [0.1, 0.15) is 17.3 Å². The fourth-order valence-corrected chi connectivity index (χ4v) is 3.62. The lowest BCUT2D eigenvalue weighted by Gasteiger charge is -2.12. The summed E-state index contributed by atoms with van der Waals surface area (Å²) >= 11 is 6.01. The highest BCUT2D eigenvalue weighted by Crippen LogP contribution is 2.45. The van der Waals surface area contributed by atoms with Gasteiger partial charge in [-0.3, -0.25) is 0 Å². The van der Waals surface area contributed by atoms with E-state index < -0.39 is 0 Å². The molecule has 3 aromatic carbocycles.